The molecule has 0 saturated heterocycles. The number of aryl methyl sites for hydroxylation is 2. The van der Waals surface area contributed by atoms with Crippen molar-refractivity contribution in [2.24, 2.45) is 0 Å². The number of aromatic nitrogens is 1. The summed E-state index contributed by atoms with van der Waals surface area (Å²) in [7, 11) is 0. The van der Waals surface area contributed by atoms with Crippen molar-refractivity contribution in [1.82, 2.24) is 4.98 Å². The molecule has 3 nitrogen and oxygen atoms in total. The van der Waals surface area contributed by atoms with Gasteiger partial charge >= 0.3 is 12.1 Å². The number of benzene rings is 1. The number of aliphatic carboxylic acids is 1. The van der Waals surface area contributed by atoms with Gasteiger partial charge in [-0.15, -0.1) is 23.1 Å². The van der Waals surface area contributed by atoms with Gasteiger partial charge in [0.2, 0.25) is 0 Å². The minimum atomic E-state index is -4.27. The monoisotopic (exact) mass is 527 g/mol. The Labute approximate surface area is 215 Å². The highest BCUT2D eigenvalue weighted by Crippen LogP contribution is 2.35. The summed E-state index contributed by atoms with van der Waals surface area (Å²) in [5.74, 6) is 0.422. The van der Waals surface area contributed by atoms with Crippen LogP contribution in [0.2, 0.25) is 0 Å². The van der Waals surface area contributed by atoms with E-state index in [9.17, 15) is 18.0 Å². The molecule has 0 unspecified atom stereocenters. The Bertz CT molecular complexity index is 985. The molecule has 194 valence electrons. The fraction of sp³-hybridized carbons (Fsp3) is 0.481. The Hall–Kier alpha value is -2.06. The number of rotatable bonds is 6. The van der Waals surface area contributed by atoms with E-state index in [1.807, 2.05) is 11.8 Å². The lowest BCUT2D eigenvalue weighted by Crippen LogP contribution is -2.03. The van der Waals surface area contributed by atoms with Crippen molar-refractivity contribution < 1.29 is 23.1 Å². The first kappa shape index (κ1) is 31.0. The highest BCUT2D eigenvalue weighted by Gasteiger charge is 2.30. The van der Waals surface area contributed by atoms with Crippen molar-refractivity contribution in [1.29, 1.82) is 0 Å². The van der Waals surface area contributed by atoms with Gasteiger partial charge in [0.25, 0.3) is 0 Å². The van der Waals surface area contributed by atoms with Crippen LogP contribution in [0.4, 0.5) is 13.2 Å². The standard InChI is InChI=1S/C13H10F3NS.C11H20S.C3H6O2/c14-13(15,16)9-6-4-8(5-7-9)12-17-10-2-1-3-11(10)18-12;1-6-9(3)10(4)8-11(5)12-7-2;1-2-3(4)5/h4-7H,1-3H2;8H,6-7H2,1-5H3;2H2,1H3,(H,4,5)/b;10-9-,11-8+;. The van der Waals surface area contributed by atoms with Gasteiger partial charge in [-0.1, -0.05) is 50.1 Å². The minimum Gasteiger partial charge on any atom is -0.481 e. The third kappa shape index (κ3) is 11.0. The van der Waals surface area contributed by atoms with Crippen LogP contribution in [-0.2, 0) is 23.8 Å². The molecule has 0 bridgehead atoms. The molecule has 35 heavy (non-hydrogen) atoms. The molecular weight excluding hydrogens is 491 g/mol. The van der Waals surface area contributed by atoms with Crippen molar-refractivity contribution >= 4 is 29.1 Å². The first-order valence-corrected chi connectivity index (χ1v) is 13.6. The molecular formula is C27H36F3NO2S2. The van der Waals surface area contributed by atoms with Gasteiger partial charge in [-0.05, 0) is 69.2 Å². The Kier molecular flexibility index (Phi) is 13.4. The molecule has 0 saturated carbocycles. The molecule has 1 aliphatic carbocycles. The second-order valence-corrected chi connectivity index (χ2v) is 10.7. The Balaban J connectivity index is 0.000000313. The number of carbonyl (C=O) groups is 1. The molecule has 0 fully saturated rings. The maximum Gasteiger partial charge on any atom is 0.416 e. The Morgan fingerprint density at radius 2 is 1.69 bits per heavy atom. The normalized spacial score (nSPS) is 13.7. The number of thioether (sulfide) groups is 1. The third-order valence-electron chi connectivity index (χ3n) is 5.35. The number of hydrogen-bond acceptors (Lipinski definition) is 4. The van der Waals surface area contributed by atoms with E-state index in [0.29, 0.717) is 0 Å². The summed E-state index contributed by atoms with van der Waals surface area (Å²) in [6.07, 6.45) is 2.57. The molecule has 0 aliphatic heterocycles. The molecule has 1 aliphatic rings. The molecule has 3 rings (SSSR count). The number of nitrogens with zero attached hydrogens (tertiary/aromatic N) is 1. The maximum atomic E-state index is 12.4. The van der Waals surface area contributed by atoms with E-state index < -0.39 is 17.7 Å². The van der Waals surface area contributed by atoms with Gasteiger partial charge in [-0.2, -0.15) is 13.2 Å². The van der Waals surface area contributed by atoms with Gasteiger partial charge in [0.1, 0.15) is 5.01 Å². The molecule has 0 spiro atoms. The van der Waals surface area contributed by atoms with Crippen LogP contribution in [0.5, 0.6) is 0 Å². The number of halogens is 3. The molecule has 0 radical (unpaired) electrons. The summed E-state index contributed by atoms with van der Waals surface area (Å²) >= 11 is 3.51. The van der Waals surface area contributed by atoms with Crippen LogP contribution in [0.3, 0.4) is 0 Å². The zero-order valence-corrected chi connectivity index (χ0v) is 23.0. The van der Waals surface area contributed by atoms with Crippen molar-refractivity contribution in [3.8, 4) is 10.6 Å². The van der Waals surface area contributed by atoms with Gasteiger partial charge < -0.3 is 5.11 Å². The van der Waals surface area contributed by atoms with Crippen LogP contribution >= 0.6 is 23.1 Å². The van der Waals surface area contributed by atoms with E-state index in [1.165, 1.54) is 38.8 Å². The fourth-order valence-electron chi connectivity index (χ4n) is 3.09. The van der Waals surface area contributed by atoms with Gasteiger partial charge in [0, 0.05) is 16.9 Å². The summed E-state index contributed by atoms with van der Waals surface area (Å²) < 4.78 is 37.3. The smallest absolute Gasteiger partial charge is 0.416 e. The van der Waals surface area contributed by atoms with E-state index in [-0.39, 0.29) is 6.42 Å². The third-order valence-corrected chi connectivity index (χ3v) is 7.42. The quantitative estimate of drug-likeness (QED) is 0.381. The highest BCUT2D eigenvalue weighted by molar-refractivity contribution is 8.03. The molecule has 1 heterocycles. The summed E-state index contributed by atoms with van der Waals surface area (Å²) in [5, 5.41) is 8.55. The number of fused-ring (bicyclic) bond motifs is 1. The molecule has 1 aromatic carbocycles. The maximum absolute atomic E-state index is 12.4. The highest BCUT2D eigenvalue weighted by atomic mass is 32.2. The van der Waals surface area contributed by atoms with Gasteiger partial charge in [-0.25, -0.2) is 4.98 Å². The number of carboxylic acids is 1. The van der Waals surface area contributed by atoms with Crippen molar-refractivity contribution in [3.63, 3.8) is 0 Å². The zero-order chi connectivity index (χ0) is 26.6. The first-order valence-electron chi connectivity index (χ1n) is 11.8. The summed E-state index contributed by atoms with van der Waals surface area (Å²) in [4.78, 5) is 16.6. The molecule has 2 aromatic rings. The zero-order valence-electron chi connectivity index (χ0n) is 21.4. The molecule has 8 heteroatoms. The number of hydrogen-bond donors (Lipinski definition) is 1. The predicted octanol–water partition coefficient (Wildman–Crippen LogP) is 9.19. The van der Waals surface area contributed by atoms with Gasteiger partial charge in [0.05, 0.1) is 11.3 Å². The second kappa shape index (κ2) is 15.1. The molecule has 0 amide bonds. The lowest BCUT2D eigenvalue weighted by atomic mass is 10.1. The molecule has 1 aromatic heterocycles. The van der Waals surface area contributed by atoms with E-state index in [1.54, 1.807) is 18.3 Å². The minimum absolute atomic E-state index is 0.222. The van der Waals surface area contributed by atoms with Crippen molar-refractivity contribution in [3.05, 3.63) is 62.5 Å². The van der Waals surface area contributed by atoms with Crippen LogP contribution in [0, 0.1) is 0 Å². The number of thiazole rings is 1. The van der Waals surface area contributed by atoms with Crippen LogP contribution in [-0.4, -0.2) is 21.8 Å². The van der Waals surface area contributed by atoms with E-state index in [4.69, 9.17) is 5.11 Å². The molecule has 0 atom stereocenters. The van der Waals surface area contributed by atoms with Crippen LogP contribution in [0.15, 0.2) is 46.4 Å². The Morgan fingerprint density at radius 1 is 1.09 bits per heavy atom. The van der Waals surface area contributed by atoms with Crippen LogP contribution in [0.1, 0.15) is 76.9 Å². The predicted molar refractivity (Wildman–Crippen MR) is 143 cm³/mol. The van der Waals surface area contributed by atoms with Crippen LogP contribution in [0.25, 0.3) is 10.6 Å². The Morgan fingerprint density at radius 3 is 2.14 bits per heavy atom. The van der Waals surface area contributed by atoms with Crippen molar-refractivity contribution in [2.45, 2.75) is 79.8 Å². The second-order valence-electron chi connectivity index (χ2n) is 8.07. The summed E-state index contributed by atoms with van der Waals surface area (Å²) in [6, 6.07) is 5.22. The van der Waals surface area contributed by atoms with Crippen molar-refractivity contribution in [2.75, 3.05) is 5.75 Å². The largest absolute Gasteiger partial charge is 0.481 e. The van der Waals surface area contributed by atoms with Gasteiger partial charge in [-0.3, -0.25) is 4.79 Å². The molecule has 1 N–H and O–H groups in total. The van der Waals surface area contributed by atoms with E-state index in [0.717, 1.165) is 54.1 Å². The number of allylic oxidation sites excluding steroid dienone is 4. The fourth-order valence-corrected chi connectivity index (χ4v) is 4.96. The number of carboxylic acid groups (broad SMARTS) is 1. The average molecular weight is 528 g/mol. The number of alkyl halides is 3. The topological polar surface area (TPSA) is 50.2 Å². The summed E-state index contributed by atoms with van der Waals surface area (Å²) in [5.41, 5.74) is 4.19. The van der Waals surface area contributed by atoms with E-state index in [2.05, 4.69) is 45.7 Å². The lowest BCUT2D eigenvalue weighted by Gasteiger charge is -2.06. The lowest BCUT2D eigenvalue weighted by molar-refractivity contribution is -0.138. The van der Waals surface area contributed by atoms with Gasteiger partial charge in [0.15, 0.2) is 0 Å². The summed E-state index contributed by atoms with van der Waals surface area (Å²) in [6.45, 7) is 12.6. The first-order chi connectivity index (χ1) is 16.4. The average Bonchev–Trinajstić information content (AvgIpc) is 3.41. The van der Waals surface area contributed by atoms with E-state index >= 15 is 0 Å². The SMILES string of the molecule is CCC(=O)O.CCS/C(C)=C/C(C)=C(/C)CC.FC(F)(F)c1ccc(-c2nc3c(s2)CCC3)cc1. The van der Waals surface area contributed by atoms with Crippen LogP contribution < -0.4 is 0 Å².